The van der Waals surface area contributed by atoms with E-state index in [-0.39, 0.29) is 0 Å². The highest BCUT2D eigenvalue weighted by Crippen LogP contribution is 2.21. The van der Waals surface area contributed by atoms with Crippen molar-refractivity contribution < 1.29 is 0 Å². The Kier molecular flexibility index (Phi) is 3.85. The van der Waals surface area contributed by atoms with Crippen LogP contribution in [-0.4, -0.2) is 18.2 Å². The number of aromatic nitrogens is 1. The molecule has 17 heavy (non-hydrogen) atoms. The van der Waals surface area contributed by atoms with Gasteiger partial charge < -0.3 is 9.88 Å². The Balaban J connectivity index is 2.28. The van der Waals surface area contributed by atoms with Crippen molar-refractivity contribution >= 4 is 10.9 Å². The Morgan fingerprint density at radius 3 is 2.76 bits per heavy atom. The molecule has 2 aromatic rings. The van der Waals surface area contributed by atoms with E-state index in [1.165, 1.54) is 28.6 Å². The van der Waals surface area contributed by atoms with Gasteiger partial charge in [-0.05, 0) is 63.4 Å². The largest absolute Gasteiger partial charge is 0.345 e. The highest BCUT2D eigenvalue weighted by atomic mass is 15.0. The number of nitrogens with one attached hydrogen (secondary N) is 1. The topological polar surface area (TPSA) is 17.0 Å². The van der Waals surface area contributed by atoms with Gasteiger partial charge in [-0.15, -0.1) is 0 Å². The number of nitrogens with zero attached hydrogens (tertiary/aromatic N) is 1. The van der Waals surface area contributed by atoms with E-state index in [9.17, 15) is 0 Å². The second-order valence-electron chi connectivity index (χ2n) is 4.63. The van der Waals surface area contributed by atoms with Crippen LogP contribution in [0.2, 0.25) is 0 Å². The molecule has 0 aliphatic heterocycles. The van der Waals surface area contributed by atoms with Crippen molar-refractivity contribution in [3.63, 3.8) is 0 Å². The van der Waals surface area contributed by atoms with Gasteiger partial charge in [-0.2, -0.15) is 0 Å². The summed E-state index contributed by atoms with van der Waals surface area (Å²) in [5, 5.41) is 4.56. The first-order valence-electron chi connectivity index (χ1n) is 6.49. The van der Waals surface area contributed by atoms with Gasteiger partial charge in [-0.3, -0.25) is 0 Å². The van der Waals surface area contributed by atoms with Crippen LogP contribution >= 0.6 is 0 Å². The normalized spacial score (nSPS) is 11.2. The molecule has 2 nitrogen and oxygen atoms in total. The third-order valence-electron chi connectivity index (χ3n) is 3.38. The zero-order chi connectivity index (χ0) is 12.3. The monoisotopic (exact) mass is 230 g/mol. The summed E-state index contributed by atoms with van der Waals surface area (Å²) in [7, 11) is 2.01. The molecular weight excluding hydrogens is 208 g/mol. The molecule has 92 valence electrons. The summed E-state index contributed by atoms with van der Waals surface area (Å²) in [5.41, 5.74) is 4.18. The first-order valence-corrected chi connectivity index (χ1v) is 6.49. The summed E-state index contributed by atoms with van der Waals surface area (Å²) in [6, 6.07) is 9.14. The summed E-state index contributed by atoms with van der Waals surface area (Å²) >= 11 is 0. The maximum atomic E-state index is 3.20. The first kappa shape index (κ1) is 12.2. The van der Waals surface area contributed by atoms with Gasteiger partial charge in [-0.1, -0.05) is 12.1 Å². The predicted molar refractivity (Wildman–Crippen MR) is 74.6 cm³/mol. The third kappa shape index (κ3) is 2.52. The third-order valence-corrected chi connectivity index (χ3v) is 3.38. The molecule has 0 aliphatic rings. The van der Waals surface area contributed by atoms with Gasteiger partial charge in [0.25, 0.3) is 0 Å². The fourth-order valence-corrected chi connectivity index (χ4v) is 2.48. The molecule has 1 aromatic heterocycles. The van der Waals surface area contributed by atoms with Gasteiger partial charge in [0.1, 0.15) is 0 Å². The first-order chi connectivity index (χ1) is 8.26. The van der Waals surface area contributed by atoms with Crippen molar-refractivity contribution in [2.45, 2.75) is 33.2 Å². The molecule has 2 rings (SSSR count). The van der Waals surface area contributed by atoms with Crippen LogP contribution in [-0.2, 0) is 13.0 Å². The lowest BCUT2D eigenvalue weighted by Crippen LogP contribution is -2.08. The fourth-order valence-electron chi connectivity index (χ4n) is 2.48. The molecule has 1 aromatic carbocycles. The number of rotatable bonds is 5. The van der Waals surface area contributed by atoms with Gasteiger partial charge in [0.15, 0.2) is 0 Å². The van der Waals surface area contributed by atoms with E-state index in [1.807, 2.05) is 7.05 Å². The molecule has 0 spiro atoms. The van der Waals surface area contributed by atoms with Crippen LogP contribution < -0.4 is 5.32 Å². The van der Waals surface area contributed by atoms with E-state index >= 15 is 0 Å². The van der Waals surface area contributed by atoms with Gasteiger partial charge in [0, 0.05) is 17.8 Å². The Hall–Kier alpha value is -1.28. The van der Waals surface area contributed by atoms with Crippen LogP contribution in [0.25, 0.3) is 10.9 Å². The minimum atomic E-state index is 1.05. The Labute approximate surface area is 104 Å². The lowest BCUT2D eigenvalue weighted by molar-refractivity contribution is 0.724. The van der Waals surface area contributed by atoms with Gasteiger partial charge in [0.05, 0.1) is 0 Å². The summed E-state index contributed by atoms with van der Waals surface area (Å²) in [5.74, 6) is 0. The zero-order valence-corrected chi connectivity index (χ0v) is 11.1. The smallest absolute Gasteiger partial charge is 0.0485 e. The van der Waals surface area contributed by atoms with Crippen LogP contribution in [0.1, 0.15) is 24.6 Å². The number of hydrogen-bond acceptors (Lipinski definition) is 1. The van der Waals surface area contributed by atoms with E-state index in [0.717, 1.165) is 19.5 Å². The van der Waals surface area contributed by atoms with Crippen molar-refractivity contribution in [2.24, 2.45) is 0 Å². The van der Waals surface area contributed by atoms with E-state index in [4.69, 9.17) is 0 Å². The molecule has 0 aliphatic carbocycles. The lowest BCUT2D eigenvalue weighted by atomic mass is 10.1. The number of benzene rings is 1. The molecule has 0 amide bonds. The number of fused-ring (bicyclic) bond motifs is 1. The molecule has 0 radical (unpaired) electrons. The van der Waals surface area contributed by atoms with Crippen molar-refractivity contribution in [3.05, 3.63) is 35.5 Å². The molecule has 0 atom stereocenters. The lowest BCUT2D eigenvalue weighted by Gasteiger charge is -2.06. The zero-order valence-electron chi connectivity index (χ0n) is 11.1. The molecule has 0 fully saturated rings. The van der Waals surface area contributed by atoms with Gasteiger partial charge in [0.2, 0.25) is 0 Å². The fraction of sp³-hybridized carbons (Fsp3) is 0.467. The standard InChI is InChI=1S/C15H22N2/c1-4-17-12(2)10-14-8-7-13(11-15(14)17)6-5-9-16-3/h7-8,10-11,16H,4-6,9H2,1-3H3. The molecule has 1 N–H and O–H groups in total. The molecule has 2 heteroatoms. The second kappa shape index (κ2) is 5.37. The molecule has 0 unspecified atom stereocenters. The van der Waals surface area contributed by atoms with E-state index in [0.29, 0.717) is 0 Å². The van der Waals surface area contributed by atoms with Crippen LogP contribution in [0.5, 0.6) is 0 Å². The van der Waals surface area contributed by atoms with Crippen LogP contribution in [0.3, 0.4) is 0 Å². The molecule has 0 bridgehead atoms. The summed E-state index contributed by atoms with van der Waals surface area (Å²) in [6.45, 7) is 6.53. The Morgan fingerprint density at radius 2 is 2.06 bits per heavy atom. The summed E-state index contributed by atoms with van der Waals surface area (Å²) in [6.07, 6.45) is 2.36. The average molecular weight is 230 g/mol. The molecule has 0 saturated carbocycles. The van der Waals surface area contributed by atoms with Crippen molar-refractivity contribution in [1.29, 1.82) is 0 Å². The van der Waals surface area contributed by atoms with Gasteiger partial charge in [-0.25, -0.2) is 0 Å². The van der Waals surface area contributed by atoms with Crippen LogP contribution in [0, 0.1) is 6.92 Å². The van der Waals surface area contributed by atoms with E-state index in [1.54, 1.807) is 0 Å². The summed E-state index contributed by atoms with van der Waals surface area (Å²) in [4.78, 5) is 0. The SMILES string of the molecule is CCn1c(C)cc2ccc(CCCNC)cc21. The van der Waals surface area contributed by atoms with Crippen molar-refractivity contribution in [1.82, 2.24) is 9.88 Å². The van der Waals surface area contributed by atoms with E-state index in [2.05, 4.69) is 48.0 Å². The summed E-state index contributed by atoms with van der Waals surface area (Å²) < 4.78 is 2.39. The van der Waals surface area contributed by atoms with Gasteiger partial charge >= 0.3 is 0 Å². The van der Waals surface area contributed by atoms with Crippen LogP contribution in [0.4, 0.5) is 0 Å². The quantitative estimate of drug-likeness (QED) is 0.781. The highest BCUT2D eigenvalue weighted by molar-refractivity contribution is 5.82. The molecular formula is C15H22N2. The number of aryl methyl sites for hydroxylation is 3. The van der Waals surface area contributed by atoms with Crippen LogP contribution in [0.15, 0.2) is 24.3 Å². The highest BCUT2D eigenvalue weighted by Gasteiger charge is 2.04. The Bertz CT molecular complexity index is 497. The average Bonchev–Trinajstić information content (AvgIpc) is 2.64. The number of hydrogen-bond donors (Lipinski definition) is 1. The second-order valence-corrected chi connectivity index (χ2v) is 4.63. The minimum absolute atomic E-state index is 1.05. The van der Waals surface area contributed by atoms with Crippen molar-refractivity contribution in [3.8, 4) is 0 Å². The molecule has 1 heterocycles. The minimum Gasteiger partial charge on any atom is -0.345 e. The maximum absolute atomic E-state index is 3.20. The predicted octanol–water partition coefficient (Wildman–Crippen LogP) is 3.12. The molecule has 0 saturated heterocycles. The Morgan fingerprint density at radius 1 is 1.24 bits per heavy atom. The maximum Gasteiger partial charge on any atom is 0.0485 e. The van der Waals surface area contributed by atoms with E-state index < -0.39 is 0 Å². The van der Waals surface area contributed by atoms with Crippen molar-refractivity contribution in [2.75, 3.05) is 13.6 Å².